The van der Waals surface area contributed by atoms with E-state index < -0.39 is 6.04 Å². The molecule has 2 atom stereocenters. The molecule has 37 heavy (non-hydrogen) atoms. The second-order valence-electron chi connectivity index (χ2n) is 10.8. The van der Waals surface area contributed by atoms with Crippen LogP contribution in [0.2, 0.25) is 0 Å². The van der Waals surface area contributed by atoms with E-state index in [1.54, 1.807) is 9.80 Å². The summed E-state index contributed by atoms with van der Waals surface area (Å²) in [6.45, 7) is 8.24. The van der Waals surface area contributed by atoms with Crippen LogP contribution in [0, 0.1) is 0 Å². The fourth-order valence-corrected chi connectivity index (χ4v) is 5.52. The molecule has 0 aromatic rings. The number of rotatable bonds is 7. The normalized spacial score (nSPS) is 25.0. The van der Waals surface area contributed by atoms with Crippen LogP contribution >= 0.6 is 0 Å². The van der Waals surface area contributed by atoms with Crippen molar-refractivity contribution in [3.8, 4) is 0 Å². The molecule has 0 bridgehead atoms. The van der Waals surface area contributed by atoms with Crippen LogP contribution in [0.3, 0.4) is 0 Å². The van der Waals surface area contributed by atoms with Crippen LogP contribution in [0.1, 0.15) is 77.6 Å². The molecule has 4 saturated heterocycles. The predicted molar refractivity (Wildman–Crippen MR) is 143 cm³/mol. The average Bonchev–Trinajstić information content (AvgIpc) is 3.58. The summed E-state index contributed by atoms with van der Waals surface area (Å²) < 4.78 is 0. The quantitative estimate of drug-likeness (QED) is 0.516. The number of likely N-dealkylation sites (tertiary alicyclic amines) is 4. The molecule has 4 aliphatic heterocycles. The number of hydrogen-bond acceptors (Lipinski definition) is 6. The van der Waals surface area contributed by atoms with Crippen molar-refractivity contribution in [2.75, 3.05) is 58.9 Å². The average molecular weight is 521 g/mol. The van der Waals surface area contributed by atoms with Crippen molar-refractivity contribution in [3.05, 3.63) is 0 Å². The van der Waals surface area contributed by atoms with Gasteiger partial charge in [-0.15, -0.1) is 0 Å². The maximum atomic E-state index is 12.5. The lowest BCUT2D eigenvalue weighted by atomic mass is 10.1. The van der Waals surface area contributed by atoms with Crippen molar-refractivity contribution in [1.82, 2.24) is 24.9 Å². The van der Waals surface area contributed by atoms with Crippen molar-refractivity contribution in [2.45, 2.75) is 89.6 Å². The number of carbonyl (C=O) groups excluding carboxylic acids is 4. The monoisotopic (exact) mass is 520 g/mol. The zero-order valence-corrected chi connectivity index (χ0v) is 22.8. The molecule has 0 aliphatic carbocycles. The SMILES string of the molecule is CCCN[C@H]1CCCCN(CC(=O)N2CCCC2)C1=O.N[C@H]1CCCCN(CC(=O)N2CCCC2)C1=O. The minimum atomic E-state index is -0.413. The third kappa shape index (κ3) is 8.95. The summed E-state index contributed by atoms with van der Waals surface area (Å²) in [7, 11) is 0. The zero-order chi connectivity index (χ0) is 26.6. The maximum absolute atomic E-state index is 12.5. The van der Waals surface area contributed by atoms with Gasteiger partial charge in [-0.3, -0.25) is 19.2 Å². The van der Waals surface area contributed by atoms with Crippen LogP contribution in [-0.4, -0.2) is 114 Å². The summed E-state index contributed by atoms with van der Waals surface area (Å²) in [6.07, 6.45) is 11.0. The van der Waals surface area contributed by atoms with Crippen molar-refractivity contribution < 1.29 is 19.2 Å². The van der Waals surface area contributed by atoms with E-state index >= 15 is 0 Å². The summed E-state index contributed by atoms with van der Waals surface area (Å²) in [4.78, 5) is 55.7. The second-order valence-corrected chi connectivity index (χ2v) is 10.8. The molecule has 0 aromatic carbocycles. The largest absolute Gasteiger partial charge is 0.341 e. The predicted octanol–water partition coefficient (Wildman–Crippen LogP) is 0.938. The van der Waals surface area contributed by atoms with Gasteiger partial charge in [0, 0.05) is 39.3 Å². The minimum absolute atomic E-state index is 0.0601. The van der Waals surface area contributed by atoms with Crippen molar-refractivity contribution in [2.24, 2.45) is 5.73 Å². The Hall–Kier alpha value is -2.20. The molecule has 4 aliphatic rings. The fourth-order valence-electron chi connectivity index (χ4n) is 5.52. The van der Waals surface area contributed by atoms with Gasteiger partial charge in [0.15, 0.2) is 0 Å². The van der Waals surface area contributed by atoms with Gasteiger partial charge in [-0.25, -0.2) is 0 Å². The topological polar surface area (TPSA) is 119 Å². The zero-order valence-electron chi connectivity index (χ0n) is 22.8. The lowest BCUT2D eigenvalue weighted by Gasteiger charge is -2.26. The van der Waals surface area contributed by atoms with Crippen molar-refractivity contribution in [3.63, 3.8) is 0 Å². The summed E-state index contributed by atoms with van der Waals surface area (Å²) in [5.41, 5.74) is 5.78. The number of amides is 4. The van der Waals surface area contributed by atoms with E-state index in [1.807, 2.05) is 9.80 Å². The van der Waals surface area contributed by atoms with E-state index in [1.165, 1.54) is 0 Å². The van der Waals surface area contributed by atoms with Crippen LogP contribution in [0.15, 0.2) is 0 Å². The molecule has 4 rings (SSSR count). The molecule has 0 unspecified atom stereocenters. The summed E-state index contributed by atoms with van der Waals surface area (Å²) in [6, 6.07) is -0.507. The third-order valence-corrected chi connectivity index (χ3v) is 7.81. The Morgan fingerprint density at radius 3 is 1.70 bits per heavy atom. The van der Waals surface area contributed by atoms with E-state index in [9.17, 15) is 19.2 Å². The standard InChI is InChI=1S/C15H27N3O2.C12H21N3O2/c1-2-8-16-13-7-3-4-11-18(15(13)20)12-14(19)17-9-5-6-10-17;13-10-5-1-2-8-15(12(10)17)9-11(16)14-6-3-4-7-14/h13,16H,2-12H2,1H3;10H,1-9,13H2/t13-;10-/m00/s1. The first kappa shape index (κ1) is 29.4. The van der Waals surface area contributed by atoms with E-state index in [2.05, 4.69) is 12.2 Å². The highest BCUT2D eigenvalue weighted by Crippen LogP contribution is 2.15. The number of nitrogens with zero attached hydrogens (tertiary/aromatic N) is 4. The highest BCUT2D eigenvalue weighted by Gasteiger charge is 2.30. The Bertz CT molecular complexity index is 766. The molecule has 4 heterocycles. The van der Waals surface area contributed by atoms with Crippen LogP contribution in [0.25, 0.3) is 0 Å². The van der Waals surface area contributed by atoms with E-state index in [0.29, 0.717) is 6.54 Å². The molecule has 0 aromatic heterocycles. The third-order valence-electron chi connectivity index (χ3n) is 7.81. The second kappa shape index (κ2) is 15.3. The van der Waals surface area contributed by atoms with Gasteiger partial charge in [0.05, 0.1) is 25.2 Å². The summed E-state index contributed by atoms with van der Waals surface area (Å²) in [5.74, 6) is 0.246. The van der Waals surface area contributed by atoms with Gasteiger partial charge in [-0.05, 0) is 77.2 Å². The van der Waals surface area contributed by atoms with Gasteiger partial charge in [0.25, 0.3) is 0 Å². The minimum Gasteiger partial charge on any atom is -0.341 e. The van der Waals surface area contributed by atoms with Crippen molar-refractivity contribution in [1.29, 1.82) is 0 Å². The molecule has 3 N–H and O–H groups in total. The van der Waals surface area contributed by atoms with Crippen LogP contribution in [-0.2, 0) is 19.2 Å². The lowest BCUT2D eigenvalue weighted by molar-refractivity contribution is -0.140. The Kier molecular flexibility index (Phi) is 12.1. The van der Waals surface area contributed by atoms with Gasteiger partial charge in [0.2, 0.25) is 23.6 Å². The first-order chi connectivity index (χ1) is 17.9. The molecule has 10 nitrogen and oxygen atoms in total. The van der Waals surface area contributed by atoms with Crippen LogP contribution in [0.4, 0.5) is 0 Å². The molecule has 0 spiro atoms. The molecular weight excluding hydrogens is 472 g/mol. The molecule has 10 heteroatoms. The lowest BCUT2D eigenvalue weighted by Crippen LogP contribution is -2.49. The van der Waals surface area contributed by atoms with E-state index in [-0.39, 0.29) is 42.8 Å². The fraction of sp³-hybridized carbons (Fsp3) is 0.852. The van der Waals surface area contributed by atoms with Gasteiger partial charge < -0.3 is 30.7 Å². The Balaban J connectivity index is 0.000000208. The number of hydrogen-bond donors (Lipinski definition) is 2. The highest BCUT2D eigenvalue weighted by atomic mass is 16.2. The molecule has 0 saturated carbocycles. The van der Waals surface area contributed by atoms with Crippen LogP contribution < -0.4 is 11.1 Å². The Morgan fingerprint density at radius 1 is 0.730 bits per heavy atom. The number of nitrogens with one attached hydrogen (secondary N) is 1. The molecular formula is C27H48N6O4. The summed E-state index contributed by atoms with van der Waals surface area (Å²) >= 11 is 0. The molecule has 4 fully saturated rings. The first-order valence-corrected chi connectivity index (χ1v) is 14.5. The van der Waals surface area contributed by atoms with Crippen molar-refractivity contribution >= 4 is 23.6 Å². The van der Waals surface area contributed by atoms with Gasteiger partial charge in [0.1, 0.15) is 0 Å². The van der Waals surface area contributed by atoms with Crippen LogP contribution in [0.5, 0.6) is 0 Å². The number of carbonyl (C=O) groups is 4. The highest BCUT2D eigenvalue weighted by molar-refractivity contribution is 5.88. The molecule has 0 radical (unpaired) electrons. The van der Waals surface area contributed by atoms with E-state index in [4.69, 9.17) is 5.73 Å². The summed E-state index contributed by atoms with van der Waals surface area (Å²) in [5, 5.41) is 3.32. The number of nitrogens with two attached hydrogens (primary N) is 1. The van der Waals surface area contributed by atoms with Gasteiger partial charge in [-0.1, -0.05) is 6.92 Å². The van der Waals surface area contributed by atoms with Gasteiger partial charge in [-0.2, -0.15) is 0 Å². The first-order valence-electron chi connectivity index (χ1n) is 14.5. The molecule has 4 amide bonds. The smallest absolute Gasteiger partial charge is 0.242 e. The van der Waals surface area contributed by atoms with E-state index in [0.717, 1.165) is 110 Å². The molecule has 210 valence electrons. The van der Waals surface area contributed by atoms with Gasteiger partial charge >= 0.3 is 0 Å². The Labute approximate surface area is 222 Å². The Morgan fingerprint density at radius 2 is 1.19 bits per heavy atom. The maximum Gasteiger partial charge on any atom is 0.242 e.